The lowest BCUT2D eigenvalue weighted by molar-refractivity contribution is -0.142. The fourth-order valence-corrected chi connectivity index (χ4v) is 4.69. The van der Waals surface area contributed by atoms with Crippen molar-refractivity contribution in [3.8, 4) is 0 Å². The van der Waals surface area contributed by atoms with Crippen LogP contribution >= 0.6 is 0 Å². The molecule has 3 atom stereocenters. The van der Waals surface area contributed by atoms with Gasteiger partial charge >= 0.3 is 0 Å². The summed E-state index contributed by atoms with van der Waals surface area (Å²) in [6.07, 6.45) is 12.3. The van der Waals surface area contributed by atoms with Crippen LogP contribution in [0.5, 0.6) is 0 Å². The molecule has 2 saturated heterocycles. The first-order chi connectivity index (χ1) is 11.7. The van der Waals surface area contributed by atoms with E-state index >= 15 is 0 Å². The number of carbonyl (C=O) groups excluding carboxylic acids is 1. The molecule has 128 valence electrons. The summed E-state index contributed by atoms with van der Waals surface area (Å²) in [7, 11) is 0. The molecular weight excluding hydrogens is 298 g/mol. The van der Waals surface area contributed by atoms with E-state index in [1.807, 2.05) is 18.5 Å². The van der Waals surface area contributed by atoms with Crippen LogP contribution in [0.1, 0.15) is 38.2 Å². The smallest absolute Gasteiger partial charge is 0.229 e. The van der Waals surface area contributed by atoms with Crippen molar-refractivity contribution in [3.63, 3.8) is 0 Å². The monoisotopic (exact) mass is 325 g/mol. The van der Waals surface area contributed by atoms with Gasteiger partial charge in [0.05, 0.1) is 5.41 Å². The average molecular weight is 325 g/mol. The lowest BCUT2D eigenvalue weighted by Gasteiger charge is -2.36. The summed E-state index contributed by atoms with van der Waals surface area (Å²) in [5.74, 6) is 1.04. The van der Waals surface area contributed by atoms with Gasteiger partial charge in [-0.2, -0.15) is 0 Å². The van der Waals surface area contributed by atoms with Gasteiger partial charge in [-0.3, -0.25) is 14.7 Å². The topological polar surface area (TPSA) is 36.4 Å². The highest BCUT2D eigenvalue weighted by Crippen LogP contribution is 2.39. The average Bonchev–Trinajstić information content (AvgIpc) is 3.16. The van der Waals surface area contributed by atoms with Crippen LogP contribution in [0.3, 0.4) is 0 Å². The van der Waals surface area contributed by atoms with Crippen LogP contribution in [0.2, 0.25) is 0 Å². The molecule has 0 spiro atoms. The van der Waals surface area contributed by atoms with Crippen LogP contribution in [-0.2, 0) is 11.3 Å². The van der Waals surface area contributed by atoms with Gasteiger partial charge < -0.3 is 4.90 Å². The van der Waals surface area contributed by atoms with Crippen LogP contribution in [0, 0.1) is 11.3 Å². The number of hydrogen-bond donors (Lipinski definition) is 0. The summed E-state index contributed by atoms with van der Waals surface area (Å²) in [6.45, 7) is 6.18. The number of allylic oxidation sites excluding steroid dienone is 2. The Kier molecular flexibility index (Phi) is 4.17. The van der Waals surface area contributed by atoms with Crippen molar-refractivity contribution < 1.29 is 4.79 Å². The zero-order valence-corrected chi connectivity index (χ0v) is 14.5. The van der Waals surface area contributed by atoms with Crippen LogP contribution in [0.15, 0.2) is 36.7 Å². The summed E-state index contributed by atoms with van der Waals surface area (Å²) in [6, 6.07) is 4.55. The highest BCUT2D eigenvalue weighted by molar-refractivity contribution is 5.83. The van der Waals surface area contributed by atoms with E-state index in [0.29, 0.717) is 17.9 Å². The van der Waals surface area contributed by atoms with Gasteiger partial charge in [-0.05, 0) is 43.2 Å². The summed E-state index contributed by atoms with van der Waals surface area (Å²) >= 11 is 0. The quantitative estimate of drug-likeness (QED) is 0.802. The van der Waals surface area contributed by atoms with Crippen molar-refractivity contribution in [2.75, 3.05) is 19.6 Å². The van der Waals surface area contributed by atoms with Crippen molar-refractivity contribution in [1.29, 1.82) is 0 Å². The molecule has 3 heterocycles. The Bertz CT molecular complexity index is 629. The number of rotatable bonds is 3. The molecule has 3 aliphatic rings. The third kappa shape index (κ3) is 2.88. The molecule has 0 aromatic carbocycles. The van der Waals surface area contributed by atoms with Gasteiger partial charge in [-0.15, -0.1) is 0 Å². The first-order valence-corrected chi connectivity index (χ1v) is 9.23. The van der Waals surface area contributed by atoms with E-state index in [2.05, 4.69) is 39.9 Å². The first kappa shape index (κ1) is 15.8. The van der Waals surface area contributed by atoms with E-state index in [4.69, 9.17) is 0 Å². The van der Waals surface area contributed by atoms with Crippen LogP contribution in [0.25, 0.3) is 0 Å². The van der Waals surface area contributed by atoms with Gasteiger partial charge in [0.1, 0.15) is 0 Å². The summed E-state index contributed by atoms with van der Waals surface area (Å²) in [4.78, 5) is 22.1. The predicted octanol–water partition coefficient (Wildman–Crippen LogP) is 2.86. The minimum absolute atomic E-state index is 0.180. The van der Waals surface area contributed by atoms with E-state index < -0.39 is 0 Å². The van der Waals surface area contributed by atoms with E-state index in [1.54, 1.807) is 0 Å². The number of nitrogens with zero attached hydrogens (tertiary/aromatic N) is 3. The standard InChI is InChI=1S/C20H27N3O/c1-20(8-3-2-4-9-20)19(24)23-11-7-17-14-22(15-18(17)23)13-16-6-5-10-21-12-16/h2-3,5-6,10,12,17-18H,4,7-9,11,13-15H2,1H3/t17-,18+,20?/m0/s1. The van der Waals surface area contributed by atoms with E-state index in [-0.39, 0.29) is 5.41 Å². The lowest BCUT2D eigenvalue weighted by Crippen LogP contribution is -2.47. The second-order valence-electron chi connectivity index (χ2n) is 7.94. The van der Waals surface area contributed by atoms with Crippen molar-refractivity contribution in [2.45, 2.75) is 45.2 Å². The SMILES string of the molecule is CC1(C(=O)N2CC[C@H]3CN(Cc4cccnc4)C[C@H]32)CC=CCC1. The fraction of sp³-hybridized carbons (Fsp3) is 0.600. The number of aromatic nitrogens is 1. The molecule has 1 aliphatic carbocycles. The minimum atomic E-state index is -0.180. The number of carbonyl (C=O) groups is 1. The molecule has 1 amide bonds. The number of likely N-dealkylation sites (tertiary alicyclic amines) is 2. The van der Waals surface area contributed by atoms with Crippen molar-refractivity contribution in [2.24, 2.45) is 11.3 Å². The molecule has 1 unspecified atom stereocenters. The summed E-state index contributed by atoms with van der Waals surface area (Å²) < 4.78 is 0. The highest BCUT2D eigenvalue weighted by atomic mass is 16.2. The molecule has 4 rings (SSSR count). The van der Waals surface area contributed by atoms with Crippen LogP contribution < -0.4 is 0 Å². The van der Waals surface area contributed by atoms with E-state index in [9.17, 15) is 4.79 Å². The number of pyridine rings is 1. The third-order valence-corrected chi connectivity index (χ3v) is 6.13. The Morgan fingerprint density at radius 3 is 3.04 bits per heavy atom. The molecule has 0 bridgehead atoms. The van der Waals surface area contributed by atoms with Gasteiger partial charge in [-0.1, -0.05) is 25.1 Å². The van der Waals surface area contributed by atoms with Gasteiger partial charge in [0.15, 0.2) is 0 Å². The summed E-state index contributed by atoms with van der Waals surface area (Å²) in [5.41, 5.74) is 1.08. The minimum Gasteiger partial charge on any atom is -0.338 e. The number of fused-ring (bicyclic) bond motifs is 1. The lowest BCUT2D eigenvalue weighted by atomic mass is 9.77. The Labute approximate surface area is 144 Å². The maximum atomic E-state index is 13.2. The Hall–Kier alpha value is -1.68. The summed E-state index contributed by atoms with van der Waals surface area (Å²) in [5, 5.41) is 0. The maximum absolute atomic E-state index is 13.2. The molecular formula is C20H27N3O. The zero-order valence-electron chi connectivity index (χ0n) is 14.5. The number of hydrogen-bond acceptors (Lipinski definition) is 3. The normalized spacial score (nSPS) is 33.0. The molecule has 2 aliphatic heterocycles. The molecule has 0 saturated carbocycles. The second kappa shape index (κ2) is 6.32. The Morgan fingerprint density at radius 2 is 2.29 bits per heavy atom. The van der Waals surface area contributed by atoms with Gasteiger partial charge in [0.25, 0.3) is 0 Å². The van der Waals surface area contributed by atoms with Gasteiger partial charge in [0, 0.05) is 44.6 Å². The molecule has 24 heavy (non-hydrogen) atoms. The first-order valence-electron chi connectivity index (χ1n) is 9.23. The van der Waals surface area contributed by atoms with Crippen LogP contribution in [0.4, 0.5) is 0 Å². The molecule has 1 aromatic rings. The fourth-order valence-electron chi connectivity index (χ4n) is 4.69. The predicted molar refractivity (Wildman–Crippen MR) is 94.2 cm³/mol. The molecule has 0 N–H and O–H groups in total. The van der Waals surface area contributed by atoms with Crippen molar-refractivity contribution >= 4 is 5.91 Å². The van der Waals surface area contributed by atoms with Crippen molar-refractivity contribution in [3.05, 3.63) is 42.2 Å². The van der Waals surface area contributed by atoms with Gasteiger partial charge in [-0.25, -0.2) is 0 Å². The Morgan fingerprint density at radius 1 is 1.38 bits per heavy atom. The number of amides is 1. The van der Waals surface area contributed by atoms with E-state index in [1.165, 1.54) is 5.56 Å². The molecule has 4 heteroatoms. The second-order valence-corrected chi connectivity index (χ2v) is 7.94. The largest absolute Gasteiger partial charge is 0.338 e. The molecule has 4 nitrogen and oxygen atoms in total. The molecule has 1 aromatic heterocycles. The van der Waals surface area contributed by atoms with Crippen LogP contribution in [-0.4, -0.2) is 46.4 Å². The van der Waals surface area contributed by atoms with Gasteiger partial charge in [0.2, 0.25) is 5.91 Å². The van der Waals surface area contributed by atoms with Crippen molar-refractivity contribution in [1.82, 2.24) is 14.8 Å². The molecule has 0 radical (unpaired) electrons. The third-order valence-electron chi connectivity index (χ3n) is 6.13. The zero-order chi connectivity index (χ0) is 16.6. The maximum Gasteiger partial charge on any atom is 0.229 e. The Balaban J connectivity index is 1.43. The highest BCUT2D eigenvalue weighted by Gasteiger charge is 2.47. The van der Waals surface area contributed by atoms with E-state index in [0.717, 1.165) is 51.9 Å². The molecule has 2 fully saturated rings.